The molecule has 0 saturated carbocycles. The first kappa shape index (κ1) is 23.1. The van der Waals surface area contributed by atoms with Crippen molar-refractivity contribution < 1.29 is 23.4 Å². The summed E-state index contributed by atoms with van der Waals surface area (Å²) in [6, 6.07) is 9.45. The molecule has 2 aromatic rings. The lowest BCUT2D eigenvalue weighted by Gasteiger charge is -2.22. The van der Waals surface area contributed by atoms with Crippen LogP contribution in [0.25, 0.3) is 10.4 Å². The molecule has 0 aliphatic carbocycles. The molecule has 1 aromatic heterocycles. The normalized spacial score (nSPS) is 25.4. The number of carbonyl (C=O) groups excluding carboxylic acids is 1. The van der Waals surface area contributed by atoms with Crippen molar-refractivity contribution in [3.63, 3.8) is 0 Å². The second kappa shape index (κ2) is 10.7. The highest BCUT2D eigenvalue weighted by Crippen LogP contribution is 2.32. The molecular weight excluding hydrogens is 436 g/mol. The Labute approximate surface area is 190 Å². The molecule has 4 atom stereocenters. The molecule has 0 spiro atoms. The van der Waals surface area contributed by atoms with Gasteiger partial charge in [-0.15, -0.1) is 11.3 Å². The molecule has 2 aliphatic heterocycles. The Hall–Kier alpha value is -2.07. The topological polar surface area (TPSA) is 82.6 Å². The van der Waals surface area contributed by atoms with Crippen molar-refractivity contribution in [1.82, 2.24) is 16.0 Å². The number of nitrogens with one attached hydrogen (secondary N) is 3. The van der Waals surface area contributed by atoms with E-state index in [-0.39, 0.29) is 11.6 Å². The molecule has 2 fully saturated rings. The average Bonchev–Trinajstić information content (AvgIpc) is 3.53. The van der Waals surface area contributed by atoms with Crippen molar-refractivity contribution in [1.29, 1.82) is 0 Å². The summed E-state index contributed by atoms with van der Waals surface area (Å²) in [5.41, 5.74) is 1.93. The third kappa shape index (κ3) is 5.83. The van der Waals surface area contributed by atoms with Crippen LogP contribution in [0.3, 0.4) is 0 Å². The number of rotatable bonds is 8. The second-order valence-corrected chi connectivity index (χ2v) is 9.32. The highest BCUT2D eigenvalue weighted by Gasteiger charge is 2.37. The van der Waals surface area contributed by atoms with Crippen LogP contribution in [0, 0.1) is 0 Å². The van der Waals surface area contributed by atoms with Crippen LogP contribution in [0.15, 0.2) is 35.7 Å². The maximum atomic E-state index is 12.8. The quantitative estimate of drug-likeness (QED) is 0.480. The van der Waals surface area contributed by atoms with Gasteiger partial charge in [0, 0.05) is 35.0 Å². The number of halogens is 2. The van der Waals surface area contributed by atoms with E-state index in [9.17, 15) is 18.7 Å². The number of hydrogen-bond donors (Lipinski definition) is 4. The minimum Gasteiger partial charge on any atom is -0.442 e. The summed E-state index contributed by atoms with van der Waals surface area (Å²) < 4.78 is 31.2. The minimum absolute atomic E-state index is 0.0380. The minimum atomic E-state index is -2.47. The van der Waals surface area contributed by atoms with E-state index < -0.39 is 24.7 Å². The number of alkyl halides is 2. The summed E-state index contributed by atoms with van der Waals surface area (Å²) in [7, 11) is 0. The third-order valence-electron chi connectivity index (χ3n) is 6.10. The Kier molecular flexibility index (Phi) is 7.72. The first-order chi connectivity index (χ1) is 15.5. The van der Waals surface area contributed by atoms with Gasteiger partial charge in [0.2, 0.25) is 0 Å². The van der Waals surface area contributed by atoms with Crippen molar-refractivity contribution in [3.05, 3.63) is 46.8 Å². The van der Waals surface area contributed by atoms with Gasteiger partial charge in [0.1, 0.15) is 12.2 Å². The summed E-state index contributed by atoms with van der Waals surface area (Å²) in [5.74, 6) is 0. The van der Waals surface area contributed by atoms with Crippen molar-refractivity contribution in [3.8, 4) is 10.4 Å². The smallest absolute Gasteiger partial charge is 0.407 e. The van der Waals surface area contributed by atoms with Crippen LogP contribution in [0.1, 0.15) is 36.8 Å². The van der Waals surface area contributed by atoms with E-state index in [0.29, 0.717) is 25.6 Å². The molecule has 174 valence electrons. The lowest BCUT2D eigenvalue weighted by atomic mass is 10.00. The summed E-state index contributed by atoms with van der Waals surface area (Å²) in [4.78, 5) is 13.0. The van der Waals surface area contributed by atoms with Gasteiger partial charge >= 0.3 is 6.09 Å². The van der Waals surface area contributed by atoms with Crippen LogP contribution in [0.5, 0.6) is 0 Å². The highest BCUT2D eigenvalue weighted by molar-refractivity contribution is 7.13. The lowest BCUT2D eigenvalue weighted by molar-refractivity contribution is 0.0189. The van der Waals surface area contributed by atoms with Gasteiger partial charge in [-0.05, 0) is 49.4 Å². The number of benzene rings is 1. The average molecular weight is 466 g/mol. The molecule has 1 amide bonds. The van der Waals surface area contributed by atoms with Crippen LogP contribution < -0.4 is 16.0 Å². The first-order valence-electron chi connectivity index (χ1n) is 11.0. The van der Waals surface area contributed by atoms with Gasteiger partial charge in [-0.25, -0.2) is 13.6 Å². The monoisotopic (exact) mass is 465 g/mol. The molecule has 4 N–H and O–H groups in total. The number of aliphatic hydroxyl groups excluding tert-OH is 1. The fourth-order valence-corrected chi connectivity index (χ4v) is 5.22. The van der Waals surface area contributed by atoms with Crippen LogP contribution in [0.4, 0.5) is 13.6 Å². The van der Waals surface area contributed by atoms with E-state index in [2.05, 4.69) is 16.0 Å². The maximum Gasteiger partial charge on any atom is 0.407 e. The van der Waals surface area contributed by atoms with Gasteiger partial charge in [0.25, 0.3) is 6.43 Å². The molecule has 0 unspecified atom stereocenters. The number of carbonyl (C=O) groups is 1. The van der Waals surface area contributed by atoms with E-state index in [1.165, 1.54) is 29.2 Å². The van der Waals surface area contributed by atoms with Crippen LogP contribution >= 0.6 is 11.3 Å². The SMILES string of the molecule is O=C(NCC[C@@H]1CCCN1)O[C@@H]1[C@@H](O)CN[C@@H]1Cc1ccc(-c2cc(C(F)F)cs2)cc1. The van der Waals surface area contributed by atoms with E-state index >= 15 is 0 Å². The summed E-state index contributed by atoms with van der Waals surface area (Å²) >= 11 is 1.30. The molecule has 2 aliphatic rings. The van der Waals surface area contributed by atoms with Gasteiger partial charge in [-0.1, -0.05) is 24.3 Å². The van der Waals surface area contributed by atoms with Crippen molar-refractivity contribution in [2.45, 2.75) is 56.4 Å². The van der Waals surface area contributed by atoms with Crippen LogP contribution in [0.2, 0.25) is 0 Å². The molecule has 0 radical (unpaired) electrons. The third-order valence-corrected chi connectivity index (χ3v) is 7.10. The fourth-order valence-electron chi connectivity index (χ4n) is 4.31. The molecule has 2 saturated heterocycles. The Morgan fingerprint density at radius 2 is 2.09 bits per heavy atom. The lowest BCUT2D eigenvalue weighted by Crippen LogP contribution is -2.42. The van der Waals surface area contributed by atoms with E-state index in [1.54, 1.807) is 0 Å². The predicted octanol–water partition coefficient (Wildman–Crippen LogP) is 3.46. The van der Waals surface area contributed by atoms with Crippen LogP contribution in [-0.2, 0) is 11.2 Å². The van der Waals surface area contributed by atoms with Gasteiger partial charge in [0.15, 0.2) is 0 Å². The van der Waals surface area contributed by atoms with Crippen molar-refractivity contribution >= 4 is 17.4 Å². The molecule has 3 heterocycles. The number of alkyl carbamates (subject to hydrolysis) is 1. The Morgan fingerprint density at radius 3 is 2.78 bits per heavy atom. The molecule has 32 heavy (non-hydrogen) atoms. The number of aliphatic hydroxyl groups is 1. The summed E-state index contributed by atoms with van der Waals surface area (Å²) in [5, 5.41) is 21.2. The number of β-amino-alcohol motifs (C(OH)–C–C–N with tert-alkyl or cyclic N) is 1. The van der Waals surface area contributed by atoms with Gasteiger partial charge in [-0.3, -0.25) is 0 Å². The zero-order chi connectivity index (χ0) is 22.5. The van der Waals surface area contributed by atoms with Gasteiger partial charge < -0.3 is 25.8 Å². The molecule has 9 heteroatoms. The fraction of sp³-hybridized carbons (Fsp3) is 0.522. The second-order valence-electron chi connectivity index (χ2n) is 8.41. The van der Waals surface area contributed by atoms with E-state index in [1.807, 2.05) is 24.3 Å². The van der Waals surface area contributed by atoms with Crippen LogP contribution in [-0.4, -0.2) is 55.1 Å². The molecule has 6 nitrogen and oxygen atoms in total. The zero-order valence-electron chi connectivity index (χ0n) is 17.7. The number of thiophene rings is 1. The highest BCUT2D eigenvalue weighted by atomic mass is 32.1. The molecule has 0 bridgehead atoms. The Bertz CT molecular complexity index is 887. The molecular formula is C23H29F2N3O3S. The van der Waals surface area contributed by atoms with Gasteiger partial charge in [-0.2, -0.15) is 0 Å². The van der Waals surface area contributed by atoms with E-state index in [0.717, 1.165) is 35.4 Å². The van der Waals surface area contributed by atoms with Gasteiger partial charge in [0.05, 0.1) is 6.04 Å². The largest absolute Gasteiger partial charge is 0.442 e. The van der Waals surface area contributed by atoms with E-state index in [4.69, 9.17) is 4.74 Å². The summed E-state index contributed by atoms with van der Waals surface area (Å²) in [6.45, 7) is 1.93. The number of ether oxygens (including phenoxy) is 1. The number of amides is 1. The van der Waals surface area contributed by atoms with Crippen molar-refractivity contribution in [2.24, 2.45) is 0 Å². The predicted molar refractivity (Wildman–Crippen MR) is 120 cm³/mol. The first-order valence-corrected chi connectivity index (χ1v) is 11.9. The summed E-state index contributed by atoms with van der Waals surface area (Å²) in [6.07, 6.45) is -0.639. The standard InChI is InChI=1S/C23H29F2N3O3S/c24-22(25)16-11-20(32-13-16)15-5-3-14(4-6-15)10-18-21(19(29)12-28-18)31-23(30)27-9-7-17-2-1-8-26-17/h3-6,11,13,17-19,21-22,26,28-29H,1-2,7-10,12H2,(H,27,30)/t17-,18+,19-,21-/m0/s1. The number of hydrogen-bond acceptors (Lipinski definition) is 6. The maximum absolute atomic E-state index is 12.8. The van der Waals surface area contributed by atoms with Crippen molar-refractivity contribution in [2.75, 3.05) is 19.6 Å². The molecule has 1 aromatic carbocycles. The molecule has 4 rings (SSSR count). The zero-order valence-corrected chi connectivity index (χ0v) is 18.5. The Morgan fingerprint density at radius 1 is 1.28 bits per heavy atom. The Balaban J connectivity index is 1.29.